The van der Waals surface area contributed by atoms with Crippen LogP contribution in [0.5, 0.6) is 5.75 Å². The van der Waals surface area contributed by atoms with Gasteiger partial charge in [-0.15, -0.1) is 0 Å². The van der Waals surface area contributed by atoms with E-state index in [2.05, 4.69) is 35.4 Å². The lowest BCUT2D eigenvalue weighted by Gasteiger charge is -2.13. The average Bonchev–Trinajstić information content (AvgIpc) is 2.63. The monoisotopic (exact) mass is 317 g/mol. The molecule has 0 atom stereocenters. The van der Waals surface area contributed by atoms with Crippen LogP contribution in [0.1, 0.15) is 25.0 Å². The van der Waals surface area contributed by atoms with Crippen LogP contribution in [0.25, 0.3) is 10.9 Å². The molecule has 0 spiro atoms. The molecular weight excluding hydrogens is 298 g/mol. The number of anilines is 2. The van der Waals surface area contributed by atoms with Crippen LogP contribution in [0.3, 0.4) is 0 Å². The fourth-order valence-corrected chi connectivity index (χ4v) is 2.62. The van der Waals surface area contributed by atoms with Crippen molar-refractivity contribution in [1.29, 1.82) is 5.26 Å². The van der Waals surface area contributed by atoms with Gasteiger partial charge in [-0.3, -0.25) is 4.98 Å². The average molecular weight is 317 g/mol. The summed E-state index contributed by atoms with van der Waals surface area (Å²) >= 11 is 0. The predicted molar refractivity (Wildman–Crippen MR) is 96.7 cm³/mol. The molecule has 1 heterocycles. The molecule has 0 bridgehead atoms. The Morgan fingerprint density at radius 3 is 2.58 bits per heavy atom. The molecule has 0 unspecified atom stereocenters. The van der Waals surface area contributed by atoms with E-state index >= 15 is 0 Å². The normalized spacial score (nSPS) is 10.4. The number of benzene rings is 2. The number of fused-ring (bicyclic) bond motifs is 1. The van der Waals surface area contributed by atoms with E-state index in [0.717, 1.165) is 34.4 Å². The first-order valence-electron chi connectivity index (χ1n) is 8.06. The molecule has 0 fully saturated rings. The van der Waals surface area contributed by atoms with Gasteiger partial charge in [-0.25, -0.2) is 0 Å². The minimum atomic E-state index is 0.532. The van der Waals surface area contributed by atoms with E-state index in [1.165, 1.54) is 5.56 Å². The number of aryl methyl sites for hydroxylation is 1. The largest absolute Gasteiger partial charge is 0.494 e. The summed E-state index contributed by atoms with van der Waals surface area (Å²) in [4.78, 5) is 4.39. The number of aromatic nitrogens is 1. The highest BCUT2D eigenvalue weighted by molar-refractivity contribution is 5.96. The number of nitrogens with one attached hydrogen (secondary N) is 1. The zero-order valence-electron chi connectivity index (χ0n) is 13.8. The zero-order chi connectivity index (χ0) is 16.9. The van der Waals surface area contributed by atoms with E-state index in [-0.39, 0.29) is 0 Å². The van der Waals surface area contributed by atoms with E-state index < -0.39 is 0 Å². The van der Waals surface area contributed by atoms with Gasteiger partial charge < -0.3 is 10.1 Å². The number of nitriles is 1. The van der Waals surface area contributed by atoms with Crippen molar-refractivity contribution >= 4 is 22.3 Å². The fraction of sp³-hybridized carbons (Fsp3) is 0.200. The Bertz CT molecular complexity index is 895. The molecule has 0 saturated heterocycles. The lowest BCUT2D eigenvalue weighted by Crippen LogP contribution is -1.98. The van der Waals surface area contributed by atoms with Crippen LogP contribution in [-0.2, 0) is 6.42 Å². The van der Waals surface area contributed by atoms with Crippen molar-refractivity contribution in [1.82, 2.24) is 4.98 Å². The van der Waals surface area contributed by atoms with Crippen molar-refractivity contribution in [3.63, 3.8) is 0 Å². The molecule has 2 aromatic carbocycles. The quantitative estimate of drug-likeness (QED) is 0.733. The molecule has 1 aromatic heterocycles. The molecule has 0 aliphatic carbocycles. The topological polar surface area (TPSA) is 57.9 Å². The zero-order valence-corrected chi connectivity index (χ0v) is 13.8. The highest BCUT2D eigenvalue weighted by atomic mass is 16.5. The first kappa shape index (κ1) is 15.8. The number of pyridine rings is 1. The summed E-state index contributed by atoms with van der Waals surface area (Å²) in [5.41, 5.74) is 4.32. The third-order valence-corrected chi connectivity index (χ3v) is 3.90. The Kier molecular flexibility index (Phi) is 4.62. The number of hydrogen-bond acceptors (Lipinski definition) is 4. The Morgan fingerprint density at radius 2 is 1.92 bits per heavy atom. The minimum absolute atomic E-state index is 0.532. The van der Waals surface area contributed by atoms with Gasteiger partial charge in [0.2, 0.25) is 0 Å². The van der Waals surface area contributed by atoms with E-state index in [0.29, 0.717) is 12.2 Å². The molecule has 1 N–H and O–H groups in total. The van der Waals surface area contributed by atoms with Crippen molar-refractivity contribution in [3.05, 3.63) is 59.8 Å². The van der Waals surface area contributed by atoms with Crippen LogP contribution in [0, 0.1) is 11.3 Å². The maximum absolute atomic E-state index is 9.45. The lowest BCUT2D eigenvalue weighted by atomic mass is 10.1. The van der Waals surface area contributed by atoms with Crippen molar-refractivity contribution in [3.8, 4) is 11.8 Å². The van der Waals surface area contributed by atoms with Crippen LogP contribution in [-0.4, -0.2) is 11.6 Å². The molecule has 120 valence electrons. The summed E-state index contributed by atoms with van der Waals surface area (Å²) < 4.78 is 5.47. The summed E-state index contributed by atoms with van der Waals surface area (Å²) in [5, 5.41) is 13.8. The maximum Gasteiger partial charge on any atom is 0.119 e. The molecule has 3 rings (SSSR count). The SMILES string of the molecule is CCOc1ccc(Nc2c(C#N)cnc3ccc(CC)cc23)cc1. The summed E-state index contributed by atoms with van der Waals surface area (Å²) in [5.74, 6) is 0.830. The molecule has 0 radical (unpaired) electrons. The summed E-state index contributed by atoms with van der Waals surface area (Å²) in [7, 11) is 0. The summed E-state index contributed by atoms with van der Waals surface area (Å²) in [6.07, 6.45) is 2.56. The minimum Gasteiger partial charge on any atom is -0.494 e. The van der Waals surface area contributed by atoms with Gasteiger partial charge in [0.05, 0.1) is 23.4 Å². The number of ether oxygens (including phenoxy) is 1. The second-order valence-electron chi connectivity index (χ2n) is 5.45. The van der Waals surface area contributed by atoms with Crippen LogP contribution in [0.4, 0.5) is 11.4 Å². The lowest BCUT2D eigenvalue weighted by molar-refractivity contribution is 0.340. The van der Waals surface area contributed by atoms with Crippen molar-refractivity contribution in [2.45, 2.75) is 20.3 Å². The van der Waals surface area contributed by atoms with Gasteiger partial charge in [0.25, 0.3) is 0 Å². The second-order valence-corrected chi connectivity index (χ2v) is 5.45. The third kappa shape index (κ3) is 3.16. The molecule has 0 saturated carbocycles. The molecule has 0 aliphatic heterocycles. The summed E-state index contributed by atoms with van der Waals surface area (Å²) in [6.45, 7) is 4.71. The van der Waals surface area contributed by atoms with E-state index in [1.54, 1.807) is 6.20 Å². The van der Waals surface area contributed by atoms with Crippen molar-refractivity contribution in [2.75, 3.05) is 11.9 Å². The maximum atomic E-state index is 9.45. The van der Waals surface area contributed by atoms with Crippen LogP contribution >= 0.6 is 0 Å². The Morgan fingerprint density at radius 1 is 1.12 bits per heavy atom. The standard InChI is InChI=1S/C20H19N3O/c1-3-14-5-10-19-18(11-14)20(15(12-21)13-22-19)23-16-6-8-17(9-7-16)24-4-2/h5-11,13H,3-4H2,1-2H3,(H,22,23). The first-order chi connectivity index (χ1) is 11.7. The van der Waals surface area contributed by atoms with Gasteiger partial charge in [-0.1, -0.05) is 13.0 Å². The molecule has 0 aliphatic rings. The highest BCUT2D eigenvalue weighted by Crippen LogP contribution is 2.30. The Hall–Kier alpha value is -3.06. The Labute approximate surface area is 141 Å². The number of nitrogens with zero attached hydrogens (tertiary/aromatic N) is 2. The van der Waals surface area contributed by atoms with Crippen molar-refractivity contribution < 1.29 is 4.74 Å². The number of rotatable bonds is 5. The molecule has 24 heavy (non-hydrogen) atoms. The van der Waals surface area contributed by atoms with Gasteiger partial charge in [0.1, 0.15) is 11.8 Å². The fourth-order valence-electron chi connectivity index (χ4n) is 2.62. The van der Waals surface area contributed by atoms with Crippen LogP contribution in [0.2, 0.25) is 0 Å². The molecular formula is C20H19N3O. The number of hydrogen-bond donors (Lipinski definition) is 1. The van der Waals surface area contributed by atoms with Crippen LogP contribution in [0.15, 0.2) is 48.7 Å². The molecule has 0 amide bonds. The third-order valence-electron chi connectivity index (χ3n) is 3.90. The van der Waals surface area contributed by atoms with E-state index in [1.807, 2.05) is 37.3 Å². The molecule has 4 heteroatoms. The smallest absolute Gasteiger partial charge is 0.119 e. The second kappa shape index (κ2) is 7.01. The van der Waals surface area contributed by atoms with Gasteiger partial charge >= 0.3 is 0 Å². The highest BCUT2D eigenvalue weighted by Gasteiger charge is 2.10. The molecule has 3 aromatic rings. The van der Waals surface area contributed by atoms with E-state index in [4.69, 9.17) is 4.74 Å². The van der Waals surface area contributed by atoms with Gasteiger partial charge in [0, 0.05) is 17.3 Å². The predicted octanol–water partition coefficient (Wildman–Crippen LogP) is 4.81. The van der Waals surface area contributed by atoms with Crippen molar-refractivity contribution in [2.24, 2.45) is 0 Å². The summed E-state index contributed by atoms with van der Waals surface area (Å²) in [6, 6.07) is 16.1. The van der Waals surface area contributed by atoms with Gasteiger partial charge in [-0.2, -0.15) is 5.26 Å². The first-order valence-corrected chi connectivity index (χ1v) is 8.06. The Balaban J connectivity index is 2.04. The van der Waals surface area contributed by atoms with E-state index in [9.17, 15) is 5.26 Å². The van der Waals surface area contributed by atoms with Crippen LogP contribution < -0.4 is 10.1 Å². The van der Waals surface area contributed by atoms with Gasteiger partial charge in [-0.05, 0) is 55.3 Å². The van der Waals surface area contributed by atoms with Gasteiger partial charge in [0.15, 0.2) is 0 Å². The molecule has 4 nitrogen and oxygen atoms in total.